The molecule has 0 radical (unpaired) electrons. The maximum atomic E-state index is 11.1. The van der Waals surface area contributed by atoms with Crippen LogP contribution in [0.5, 0.6) is 0 Å². The van der Waals surface area contributed by atoms with Crippen LogP contribution in [0.3, 0.4) is 0 Å². The van der Waals surface area contributed by atoms with Gasteiger partial charge < -0.3 is 59.1 Å². The maximum Gasteiger partial charge on any atom is 0.187 e. The third-order valence-electron chi connectivity index (χ3n) is 15.6. The van der Waals surface area contributed by atoms with Crippen LogP contribution in [0.1, 0.15) is 92.4 Å². The van der Waals surface area contributed by atoms with Gasteiger partial charge in [-0.25, -0.2) is 0 Å². The summed E-state index contributed by atoms with van der Waals surface area (Å²) in [4.78, 5) is 0. The first-order valence-electron chi connectivity index (χ1n) is 19.8. The molecule has 8 rings (SSSR count). The first kappa shape index (κ1) is 37.2. The highest BCUT2D eigenvalue weighted by Crippen LogP contribution is 2.70. The number of hydrogen-bond acceptors (Lipinski definition) is 12. The standard InChI is InChI=1S/C39H62O12/c1-18-8-13-39(46-17-18)19(2)28-26(51-39)15-25-23-7-6-21-14-22(9-11-37(21,4)24(23)10-12-38(25,28)5)48-36-33(45)31(43)34(27(16-40)49-36)50-35-32(44)30(42)29(41)20(3)47-35/h6,18-20,22-36,40-45H,7-17H2,1-5H3/t18-,19-,20+,22+,23-,24+,25+,26+,27-,28+,29+,30-,31-,32-,33-,34-,35+,36-,37+,38+,39-/m1/s1. The Labute approximate surface area is 301 Å². The number of fused-ring (bicyclic) bond motifs is 7. The van der Waals surface area contributed by atoms with Gasteiger partial charge in [-0.3, -0.25) is 0 Å². The highest BCUT2D eigenvalue weighted by Gasteiger charge is 2.68. The molecule has 4 heterocycles. The Bertz CT molecular complexity index is 1300. The summed E-state index contributed by atoms with van der Waals surface area (Å²) in [5.74, 6) is 2.99. The molecular weight excluding hydrogens is 660 g/mol. The smallest absolute Gasteiger partial charge is 0.187 e. The SMILES string of the molecule is C[C@@H]1CC[C@@]2(OC1)O[C@H]1C[C@H]3[C@@H]4CC=C5C[C@@H](O[C@@H]6O[C@H](CO)[C@@H](O[C@@H]7O[C@@H](C)[C@H](O)[C@@H](O)[C@H]7O)[C@H](O)[C@H]6O)CC[C@]5(C)[C@H]4CC[C@]3(C)[C@H]1[C@H]2C. The molecule has 6 N–H and O–H groups in total. The van der Waals surface area contributed by atoms with Crippen molar-refractivity contribution in [2.24, 2.45) is 46.3 Å². The molecule has 0 amide bonds. The predicted molar refractivity (Wildman–Crippen MR) is 182 cm³/mol. The van der Waals surface area contributed by atoms with Gasteiger partial charge in [0.25, 0.3) is 0 Å². The van der Waals surface area contributed by atoms with Gasteiger partial charge in [0.05, 0.1) is 31.5 Å². The molecule has 4 saturated heterocycles. The zero-order chi connectivity index (χ0) is 36.2. The highest BCUT2D eigenvalue weighted by molar-refractivity contribution is 5.26. The van der Waals surface area contributed by atoms with E-state index in [-0.39, 0.29) is 23.0 Å². The molecule has 8 aliphatic rings. The van der Waals surface area contributed by atoms with Crippen molar-refractivity contribution in [3.05, 3.63) is 11.6 Å². The molecule has 21 atom stereocenters. The molecular formula is C39H62O12. The van der Waals surface area contributed by atoms with Crippen LogP contribution in [0.15, 0.2) is 11.6 Å². The molecule has 4 aliphatic heterocycles. The van der Waals surface area contributed by atoms with Crippen molar-refractivity contribution in [3.63, 3.8) is 0 Å². The van der Waals surface area contributed by atoms with E-state index < -0.39 is 73.8 Å². The zero-order valence-corrected chi connectivity index (χ0v) is 30.9. The second-order valence-corrected chi connectivity index (χ2v) is 18.3. The monoisotopic (exact) mass is 722 g/mol. The average Bonchev–Trinajstić information content (AvgIpc) is 3.56. The van der Waals surface area contributed by atoms with Crippen LogP contribution >= 0.6 is 0 Å². The van der Waals surface area contributed by atoms with E-state index in [2.05, 4.69) is 33.8 Å². The summed E-state index contributed by atoms with van der Waals surface area (Å²) in [6.45, 7) is 11.5. The summed E-state index contributed by atoms with van der Waals surface area (Å²) in [5, 5.41) is 63.1. The Morgan fingerprint density at radius 2 is 1.57 bits per heavy atom. The second kappa shape index (κ2) is 13.5. The summed E-state index contributed by atoms with van der Waals surface area (Å²) in [6.07, 6.45) is -1.53. The van der Waals surface area contributed by atoms with E-state index in [1.807, 2.05) is 0 Å². The van der Waals surface area contributed by atoms with Crippen molar-refractivity contribution in [2.75, 3.05) is 13.2 Å². The van der Waals surface area contributed by atoms with Crippen LogP contribution in [0.4, 0.5) is 0 Å². The Kier molecular flexibility index (Phi) is 9.83. The van der Waals surface area contributed by atoms with Gasteiger partial charge in [-0.15, -0.1) is 0 Å². The lowest BCUT2D eigenvalue weighted by Gasteiger charge is -2.58. The van der Waals surface area contributed by atoms with Crippen LogP contribution in [0.2, 0.25) is 0 Å². The maximum absolute atomic E-state index is 11.1. The van der Waals surface area contributed by atoms with Gasteiger partial charge >= 0.3 is 0 Å². The second-order valence-electron chi connectivity index (χ2n) is 18.3. The van der Waals surface area contributed by atoms with Crippen molar-refractivity contribution < 1.29 is 59.1 Å². The summed E-state index contributed by atoms with van der Waals surface area (Å²) >= 11 is 0. The number of aliphatic hydroxyl groups excluding tert-OH is 6. The summed E-state index contributed by atoms with van der Waals surface area (Å²) < 4.78 is 37.1. The fourth-order valence-corrected chi connectivity index (χ4v) is 12.6. The molecule has 12 nitrogen and oxygen atoms in total. The van der Waals surface area contributed by atoms with Crippen molar-refractivity contribution in [3.8, 4) is 0 Å². The number of ether oxygens (including phenoxy) is 6. The molecule has 51 heavy (non-hydrogen) atoms. The fourth-order valence-electron chi connectivity index (χ4n) is 12.6. The largest absolute Gasteiger partial charge is 0.394 e. The molecule has 12 heteroatoms. The molecule has 4 aliphatic carbocycles. The first-order valence-corrected chi connectivity index (χ1v) is 19.8. The normalized spacial score (nSPS) is 58.4. The van der Waals surface area contributed by atoms with Crippen LogP contribution in [-0.4, -0.2) is 123 Å². The van der Waals surface area contributed by atoms with Crippen LogP contribution in [0.25, 0.3) is 0 Å². The Balaban J connectivity index is 0.915. The van der Waals surface area contributed by atoms with Crippen molar-refractivity contribution in [1.29, 1.82) is 0 Å². The minimum atomic E-state index is -1.61. The third-order valence-corrected chi connectivity index (χ3v) is 15.6. The number of rotatable bonds is 5. The third kappa shape index (κ3) is 5.84. The van der Waals surface area contributed by atoms with Crippen LogP contribution in [0, 0.1) is 46.3 Å². The van der Waals surface area contributed by atoms with E-state index in [0.29, 0.717) is 35.5 Å². The summed E-state index contributed by atoms with van der Waals surface area (Å²) in [7, 11) is 0. The molecule has 3 saturated carbocycles. The Hall–Kier alpha value is -0.740. The molecule has 290 valence electrons. The Morgan fingerprint density at radius 1 is 0.824 bits per heavy atom. The molecule has 7 fully saturated rings. The molecule has 1 spiro atoms. The topological polar surface area (TPSA) is 177 Å². The number of aliphatic hydroxyl groups is 6. The van der Waals surface area contributed by atoms with Gasteiger partial charge in [0.15, 0.2) is 18.4 Å². The van der Waals surface area contributed by atoms with Crippen LogP contribution in [-0.2, 0) is 28.4 Å². The zero-order valence-electron chi connectivity index (χ0n) is 30.9. The fraction of sp³-hybridized carbons (Fsp3) is 0.949. The average molecular weight is 723 g/mol. The number of hydrogen-bond donors (Lipinski definition) is 6. The summed E-state index contributed by atoms with van der Waals surface area (Å²) in [6, 6.07) is 0. The van der Waals surface area contributed by atoms with Crippen molar-refractivity contribution in [2.45, 2.75) is 172 Å². The van der Waals surface area contributed by atoms with Crippen molar-refractivity contribution >= 4 is 0 Å². The van der Waals surface area contributed by atoms with Gasteiger partial charge in [0.1, 0.15) is 42.7 Å². The lowest BCUT2D eigenvalue weighted by atomic mass is 9.47. The quantitative estimate of drug-likeness (QED) is 0.229. The van der Waals surface area contributed by atoms with E-state index in [1.54, 1.807) is 0 Å². The number of allylic oxidation sites excluding steroid dienone is 1. The highest BCUT2D eigenvalue weighted by atomic mass is 16.7. The van der Waals surface area contributed by atoms with E-state index in [9.17, 15) is 30.6 Å². The summed E-state index contributed by atoms with van der Waals surface area (Å²) in [5.41, 5.74) is 1.75. The van der Waals surface area contributed by atoms with Crippen LogP contribution < -0.4 is 0 Å². The Morgan fingerprint density at radius 3 is 2.29 bits per heavy atom. The lowest BCUT2D eigenvalue weighted by molar-refractivity contribution is -0.360. The van der Waals surface area contributed by atoms with E-state index in [1.165, 1.54) is 31.8 Å². The minimum absolute atomic E-state index is 0.0757. The van der Waals surface area contributed by atoms with E-state index in [0.717, 1.165) is 45.1 Å². The van der Waals surface area contributed by atoms with E-state index >= 15 is 0 Å². The van der Waals surface area contributed by atoms with Gasteiger partial charge in [-0.1, -0.05) is 39.3 Å². The van der Waals surface area contributed by atoms with Gasteiger partial charge in [0, 0.05) is 12.3 Å². The lowest BCUT2D eigenvalue weighted by Crippen LogP contribution is -2.64. The van der Waals surface area contributed by atoms with Gasteiger partial charge in [-0.2, -0.15) is 0 Å². The molecule has 0 aromatic rings. The predicted octanol–water partition coefficient (Wildman–Crippen LogP) is 2.39. The van der Waals surface area contributed by atoms with Crippen molar-refractivity contribution in [1.82, 2.24) is 0 Å². The molecule has 0 bridgehead atoms. The van der Waals surface area contributed by atoms with Gasteiger partial charge in [-0.05, 0) is 98.7 Å². The minimum Gasteiger partial charge on any atom is -0.394 e. The van der Waals surface area contributed by atoms with Gasteiger partial charge in [0.2, 0.25) is 0 Å². The molecule has 0 aromatic heterocycles. The molecule has 0 aromatic carbocycles. The molecule has 0 unspecified atom stereocenters. The first-order chi connectivity index (χ1) is 24.2. The van der Waals surface area contributed by atoms with E-state index in [4.69, 9.17) is 28.4 Å².